The number of benzene rings is 2. The minimum Gasteiger partial charge on any atom is -0.369 e. The van der Waals surface area contributed by atoms with Crippen molar-refractivity contribution in [3.05, 3.63) is 82.0 Å². The van der Waals surface area contributed by atoms with Gasteiger partial charge in [-0.1, -0.05) is 30.3 Å². The Hall–Kier alpha value is -2.28. The fourth-order valence-electron chi connectivity index (χ4n) is 3.98. The number of rotatable bonds is 9. The average molecular weight is 466 g/mol. The van der Waals surface area contributed by atoms with Crippen LogP contribution in [0, 0.1) is 6.92 Å². The van der Waals surface area contributed by atoms with Crippen molar-refractivity contribution in [2.45, 2.75) is 24.0 Å². The van der Waals surface area contributed by atoms with E-state index in [4.69, 9.17) is 0 Å². The van der Waals surface area contributed by atoms with Crippen molar-refractivity contribution in [2.24, 2.45) is 0 Å². The Bertz CT molecular complexity index is 998. The number of carbonyl (C=O) groups is 1. The predicted octanol–water partition coefficient (Wildman–Crippen LogP) is 5.29. The van der Waals surface area contributed by atoms with Crippen LogP contribution in [-0.4, -0.2) is 50.1 Å². The number of hydrogen-bond donors (Lipinski definition) is 1. The molecule has 168 valence electrons. The van der Waals surface area contributed by atoms with Gasteiger partial charge in [-0.15, -0.1) is 23.1 Å². The molecule has 0 atom stereocenters. The molecule has 3 aromatic rings. The van der Waals surface area contributed by atoms with Gasteiger partial charge in [0.25, 0.3) is 5.91 Å². The number of piperazine rings is 1. The second kappa shape index (κ2) is 11.5. The summed E-state index contributed by atoms with van der Waals surface area (Å²) in [4.78, 5) is 20.1. The third-order valence-corrected chi connectivity index (χ3v) is 7.94. The molecule has 6 heteroatoms. The molecule has 32 heavy (non-hydrogen) atoms. The van der Waals surface area contributed by atoms with Gasteiger partial charge >= 0.3 is 0 Å². The molecule has 4 rings (SSSR count). The number of anilines is 1. The van der Waals surface area contributed by atoms with Crippen molar-refractivity contribution in [2.75, 3.05) is 44.2 Å². The van der Waals surface area contributed by atoms with Gasteiger partial charge in [0.05, 0.1) is 5.56 Å². The normalized spacial score (nSPS) is 14.5. The first kappa shape index (κ1) is 22.9. The molecule has 2 heterocycles. The molecule has 0 aliphatic carbocycles. The lowest BCUT2D eigenvalue weighted by molar-refractivity contribution is 0.0948. The summed E-state index contributed by atoms with van der Waals surface area (Å²) in [6.45, 7) is 8.15. The largest absolute Gasteiger partial charge is 0.369 e. The van der Waals surface area contributed by atoms with Gasteiger partial charge in [-0.2, -0.15) is 0 Å². The Morgan fingerprint density at radius 3 is 2.66 bits per heavy atom. The van der Waals surface area contributed by atoms with E-state index in [9.17, 15) is 4.79 Å². The number of thioether (sulfide) groups is 1. The molecule has 0 radical (unpaired) electrons. The van der Waals surface area contributed by atoms with Gasteiger partial charge in [0.15, 0.2) is 0 Å². The Morgan fingerprint density at radius 2 is 1.88 bits per heavy atom. The van der Waals surface area contributed by atoms with E-state index >= 15 is 0 Å². The van der Waals surface area contributed by atoms with Crippen LogP contribution in [0.1, 0.15) is 27.2 Å². The van der Waals surface area contributed by atoms with Gasteiger partial charge in [-0.3, -0.25) is 9.69 Å². The van der Waals surface area contributed by atoms with E-state index in [1.165, 1.54) is 16.1 Å². The van der Waals surface area contributed by atoms with Gasteiger partial charge in [-0.05, 0) is 61.2 Å². The number of aryl methyl sites for hydroxylation is 1. The van der Waals surface area contributed by atoms with Crippen molar-refractivity contribution in [3.63, 3.8) is 0 Å². The number of nitrogens with zero attached hydrogens (tertiary/aromatic N) is 2. The maximum absolute atomic E-state index is 12.8. The summed E-state index contributed by atoms with van der Waals surface area (Å²) < 4.78 is 0. The highest BCUT2D eigenvalue weighted by atomic mass is 32.2. The van der Waals surface area contributed by atoms with Gasteiger partial charge in [0.2, 0.25) is 0 Å². The third-order valence-electron chi connectivity index (χ3n) is 5.76. The van der Waals surface area contributed by atoms with E-state index in [1.54, 1.807) is 23.1 Å². The van der Waals surface area contributed by atoms with Crippen molar-refractivity contribution >= 4 is 34.7 Å². The maximum Gasteiger partial charge on any atom is 0.252 e. The first-order chi connectivity index (χ1) is 15.7. The SMILES string of the molecule is Cc1cccc(N2CCN(CCCNC(=O)c3ccccc3SCc3cccs3)CC2)c1. The van der Waals surface area contributed by atoms with Gasteiger partial charge in [0.1, 0.15) is 0 Å². The van der Waals surface area contributed by atoms with Crippen LogP contribution in [0.5, 0.6) is 0 Å². The van der Waals surface area contributed by atoms with Crippen molar-refractivity contribution in [1.29, 1.82) is 0 Å². The second-order valence-corrected chi connectivity index (χ2v) is 10.2. The van der Waals surface area contributed by atoms with Gasteiger partial charge < -0.3 is 10.2 Å². The highest BCUT2D eigenvalue weighted by Crippen LogP contribution is 2.28. The number of thiophene rings is 1. The van der Waals surface area contributed by atoms with Crippen molar-refractivity contribution in [3.8, 4) is 0 Å². The Balaban J connectivity index is 1.18. The van der Waals surface area contributed by atoms with Crippen LogP contribution in [0.15, 0.2) is 70.9 Å². The molecule has 1 aromatic heterocycles. The molecule has 1 amide bonds. The summed E-state index contributed by atoms with van der Waals surface area (Å²) in [7, 11) is 0. The molecule has 0 saturated carbocycles. The summed E-state index contributed by atoms with van der Waals surface area (Å²) in [5, 5.41) is 5.22. The monoisotopic (exact) mass is 465 g/mol. The lowest BCUT2D eigenvalue weighted by Gasteiger charge is -2.36. The smallest absolute Gasteiger partial charge is 0.252 e. The highest BCUT2D eigenvalue weighted by molar-refractivity contribution is 7.98. The van der Waals surface area contributed by atoms with E-state index in [1.807, 2.05) is 24.3 Å². The molecule has 0 bridgehead atoms. The average Bonchev–Trinajstić information content (AvgIpc) is 3.35. The van der Waals surface area contributed by atoms with Crippen LogP contribution in [0.4, 0.5) is 5.69 Å². The summed E-state index contributed by atoms with van der Waals surface area (Å²) in [6.07, 6.45) is 0.973. The fourth-order valence-corrected chi connectivity index (χ4v) is 5.80. The number of hydrogen-bond acceptors (Lipinski definition) is 5. The molecule has 2 aromatic carbocycles. The predicted molar refractivity (Wildman–Crippen MR) is 137 cm³/mol. The lowest BCUT2D eigenvalue weighted by atomic mass is 10.2. The van der Waals surface area contributed by atoms with E-state index in [0.717, 1.165) is 55.4 Å². The van der Waals surface area contributed by atoms with Crippen LogP contribution >= 0.6 is 23.1 Å². The first-order valence-electron chi connectivity index (χ1n) is 11.3. The fraction of sp³-hybridized carbons (Fsp3) is 0.346. The summed E-state index contributed by atoms with van der Waals surface area (Å²) in [5.74, 6) is 0.930. The first-order valence-corrected chi connectivity index (χ1v) is 13.1. The van der Waals surface area contributed by atoms with E-state index in [0.29, 0.717) is 6.54 Å². The number of nitrogens with one attached hydrogen (secondary N) is 1. The quantitative estimate of drug-likeness (QED) is 0.344. The summed E-state index contributed by atoms with van der Waals surface area (Å²) >= 11 is 3.49. The highest BCUT2D eigenvalue weighted by Gasteiger charge is 2.17. The van der Waals surface area contributed by atoms with Crippen LogP contribution in [0.3, 0.4) is 0 Å². The topological polar surface area (TPSA) is 35.6 Å². The Labute approximate surface area is 199 Å². The van der Waals surface area contributed by atoms with Crippen LogP contribution in [-0.2, 0) is 5.75 Å². The molecular formula is C26H31N3OS2. The van der Waals surface area contributed by atoms with Crippen LogP contribution in [0.25, 0.3) is 0 Å². The van der Waals surface area contributed by atoms with Crippen molar-refractivity contribution in [1.82, 2.24) is 10.2 Å². The zero-order valence-corrected chi connectivity index (χ0v) is 20.3. The third kappa shape index (κ3) is 6.37. The molecule has 4 nitrogen and oxygen atoms in total. The number of carbonyl (C=O) groups excluding carboxylic acids is 1. The molecule has 1 fully saturated rings. The molecule has 1 N–H and O–H groups in total. The summed E-state index contributed by atoms with van der Waals surface area (Å²) in [5.41, 5.74) is 3.42. The minimum atomic E-state index is 0.0311. The Morgan fingerprint density at radius 1 is 1.03 bits per heavy atom. The van der Waals surface area contributed by atoms with Gasteiger partial charge in [0, 0.05) is 53.9 Å². The lowest BCUT2D eigenvalue weighted by Crippen LogP contribution is -2.47. The van der Waals surface area contributed by atoms with E-state index < -0.39 is 0 Å². The molecule has 0 unspecified atom stereocenters. The van der Waals surface area contributed by atoms with Crippen LogP contribution < -0.4 is 10.2 Å². The zero-order chi connectivity index (χ0) is 22.2. The molecule has 0 spiro atoms. The standard InChI is InChI=1S/C26H31N3OS2/c1-21-7-4-8-22(19-21)29-16-14-28(15-17-29)13-6-12-27-26(30)24-10-2-3-11-25(24)32-20-23-9-5-18-31-23/h2-5,7-11,18-19H,6,12-17,20H2,1H3,(H,27,30). The van der Waals surface area contributed by atoms with E-state index in [2.05, 4.69) is 63.8 Å². The van der Waals surface area contributed by atoms with Crippen molar-refractivity contribution < 1.29 is 4.79 Å². The molecule has 1 aliphatic rings. The minimum absolute atomic E-state index is 0.0311. The molecule has 1 aliphatic heterocycles. The number of amides is 1. The zero-order valence-electron chi connectivity index (χ0n) is 18.6. The second-order valence-electron chi connectivity index (χ2n) is 8.14. The molecule has 1 saturated heterocycles. The molecular weight excluding hydrogens is 434 g/mol. The van der Waals surface area contributed by atoms with E-state index in [-0.39, 0.29) is 5.91 Å². The summed E-state index contributed by atoms with van der Waals surface area (Å²) in [6, 6.07) is 20.9. The maximum atomic E-state index is 12.8. The Kier molecular flexibility index (Phi) is 8.26. The van der Waals surface area contributed by atoms with Crippen LogP contribution in [0.2, 0.25) is 0 Å². The van der Waals surface area contributed by atoms with Gasteiger partial charge in [-0.25, -0.2) is 0 Å².